The molecule has 0 atom stereocenters. The van der Waals surface area contributed by atoms with Crippen molar-refractivity contribution in [3.63, 3.8) is 0 Å². The van der Waals surface area contributed by atoms with Gasteiger partial charge in [0.2, 0.25) is 0 Å². The molecule has 0 spiro atoms. The molecule has 10 nitrogen and oxygen atoms in total. The minimum absolute atomic E-state index is 0.00223. The van der Waals surface area contributed by atoms with Crippen molar-refractivity contribution in [2.24, 2.45) is 0 Å². The van der Waals surface area contributed by atoms with Crippen LogP contribution < -0.4 is 0 Å². The fourth-order valence-electron chi connectivity index (χ4n) is 3.37. The molecule has 0 aliphatic rings. The number of nitrogens with zero attached hydrogens (tertiary/aromatic N) is 2. The molecule has 5 rings (SSSR count). The van der Waals surface area contributed by atoms with Gasteiger partial charge in [-0.2, -0.15) is 8.42 Å². The summed E-state index contributed by atoms with van der Waals surface area (Å²) in [4.78, 5) is 14.9. The first-order valence-electron chi connectivity index (χ1n) is 9.16. The van der Waals surface area contributed by atoms with E-state index in [0.717, 1.165) is 11.1 Å². The summed E-state index contributed by atoms with van der Waals surface area (Å²) in [6.07, 6.45) is 0. The summed E-state index contributed by atoms with van der Waals surface area (Å²) in [5.74, 6) is 1.09. The Labute approximate surface area is 182 Å². The van der Waals surface area contributed by atoms with Crippen LogP contribution in [0.4, 0.5) is 0 Å². The van der Waals surface area contributed by atoms with Gasteiger partial charge < -0.3 is 23.6 Å². The highest BCUT2D eigenvalue weighted by Gasteiger charge is 2.17. The Morgan fingerprint density at radius 3 is 1.50 bits per heavy atom. The van der Waals surface area contributed by atoms with E-state index in [-0.39, 0.29) is 9.79 Å². The third kappa shape index (κ3) is 3.75. The van der Waals surface area contributed by atoms with Crippen LogP contribution in [-0.2, 0) is 10.1 Å². The smallest absolute Gasteiger partial charge is 0.294 e. The van der Waals surface area contributed by atoms with Crippen molar-refractivity contribution in [2.45, 2.75) is 9.79 Å². The lowest BCUT2D eigenvalue weighted by Crippen LogP contribution is -1.97. The van der Waals surface area contributed by atoms with Gasteiger partial charge >= 0.3 is 0 Å². The second-order valence-electron chi connectivity index (χ2n) is 7.10. The molecule has 0 fully saturated rings. The van der Waals surface area contributed by atoms with Crippen molar-refractivity contribution in [1.29, 1.82) is 0 Å². The Morgan fingerprint density at radius 2 is 1.06 bits per heavy atom. The highest BCUT2D eigenvalue weighted by molar-refractivity contribution is 8.19. The maximum absolute atomic E-state index is 11.3. The number of nitrogens with one attached hydrogen (secondary N) is 2. The van der Waals surface area contributed by atoms with Crippen molar-refractivity contribution in [3.05, 3.63) is 60.7 Å². The highest BCUT2D eigenvalue weighted by atomic mass is 32.3. The Hall–Kier alpha value is -3.26. The first-order chi connectivity index (χ1) is 15.1. The molecule has 0 bridgehead atoms. The van der Waals surface area contributed by atoms with E-state index >= 15 is 0 Å². The summed E-state index contributed by atoms with van der Waals surface area (Å²) < 4.78 is 60.2. The van der Waals surface area contributed by atoms with Gasteiger partial charge in [-0.25, -0.2) is 9.97 Å². The number of aromatic amines is 2. The highest BCUT2D eigenvalue weighted by Crippen LogP contribution is 2.44. The third-order valence-electron chi connectivity index (χ3n) is 4.95. The number of hydrogen-bond donors (Lipinski definition) is 6. The van der Waals surface area contributed by atoms with Crippen molar-refractivity contribution in [1.82, 2.24) is 19.9 Å². The fraction of sp³-hybridized carbons (Fsp3) is 0. The Bertz CT molecular complexity index is 1580. The van der Waals surface area contributed by atoms with Crippen molar-refractivity contribution < 1.29 is 26.6 Å². The van der Waals surface area contributed by atoms with Gasteiger partial charge in [0.25, 0.3) is 10.1 Å². The van der Waals surface area contributed by atoms with E-state index in [1.807, 2.05) is 24.3 Å². The Kier molecular flexibility index (Phi) is 4.60. The molecule has 0 saturated carbocycles. The summed E-state index contributed by atoms with van der Waals surface area (Å²) in [6, 6.07) is 15.8. The van der Waals surface area contributed by atoms with Gasteiger partial charge in [0.15, 0.2) is 0 Å². The molecular formula is C20H16N4O6S2. The zero-order chi connectivity index (χ0) is 22.7. The molecular weight excluding hydrogens is 456 g/mol. The standard InChI is InChI=1S/C20H16N4O6S2/c25-31(26,27)13-5-7-15-17(9-13)23-19(21-15)11-1-2-12(4-3-11)20-22-16-8-6-14(32(28,29)30)10-18(16)24-20/h1-10,25-27H,(H,21,23)(H,22,24)(H,28,29,30). The van der Waals surface area contributed by atoms with Crippen molar-refractivity contribution in [2.75, 3.05) is 0 Å². The first-order valence-corrected chi connectivity index (χ1v) is 12.1. The molecule has 2 heterocycles. The van der Waals surface area contributed by atoms with Crippen LogP contribution in [0.15, 0.2) is 70.5 Å². The van der Waals surface area contributed by atoms with E-state index < -0.39 is 21.0 Å². The van der Waals surface area contributed by atoms with E-state index in [2.05, 4.69) is 19.9 Å². The molecule has 0 unspecified atom stereocenters. The summed E-state index contributed by atoms with van der Waals surface area (Å²) in [5, 5.41) is 0. The number of hydrogen-bond acceptors (Lipinski definition) is 7. The van der Waals surface area contributed by atoms with E-state index in [0.29, 0.717) is 33.7 Å². The molecule has 5 aromatic rings. The van der Waals surface area contributed by atoms with Gasteiger partial charge in [-0.05, 0) is 36.4 Å². The average molecular weight is 473 g/mol. The lowest BCUT2D eigenvalue weighted by atomic mass is 10.1. The van der Waals surface area contributed by atoms with E-state index in [1.54, 1.807) is 6.07 Å². The molecule has 0 aliphatic heterocycles. The average Bonchev–Trinajstić information content (AvgIpc) is 3.35. The largest absolute Gasteiger partial charge is 0.338 e. The maximum atomic E-state index is 11.3. The van der Waals surface area contributed by atoms with Crippen LogP contribution in [0.1, 0.15) is 0 Å². The third-order valence-corrected chi connectivity index (χ3v) is 6.69. The lowest BCUT2D eigenvalue weighted by molar-refractivity contribution is 0.376. The molecule has 32 heavy (non-hydrogen) atoms. The number of H-pyrrole nitrogens is 2. The SMILES string of the molecule is O=S(=O)(O)c1ccc2nc(-c3ccc(-c4nc5ccc(S(O)(O)O)cc5[nH]4)cc3)[nH]c2c1. The lowest BCUT2D eigenvalue weighted by Gasteiger charge is -2.18. The van der Waals surface area contributed by atoms with Crippen LogP contribution in [0.3, 0.4) is 0 Å². The predicted molar refractivity (Wildman–Crippen MR) is 120 cm³/mol. The number of aromatic nitrogens is 4. The first kappa shape index (κ1) is 20.6. The second-order valence-corrected chi connectivity index (χ2v) is 10.0. The minimum atomic E-state index is -4.31. The quantitative estimate of drug-likeness (QED) is 0.206. The summed E-state index contributed by atoms with van der Waals surface area (Å²) >= 11 is 0. The van der Waals surface area contributed by atoms with E-state index in [1.165, 1.54) is 30.3 Å². The van der Waals surface area contributed by atoms with Gasteiger partial charge in [0.05, 0.1) is 31.9 Å². The van der Waals surface area contributed by atoms with E-state index in [9.17, 15) is 26.6 Å². The van der Waals surface area contributed by atoms with Gasteiger partial charge in [0.1, 0.15) is 22.5 Å². The fourth-order valence-corrected chi connectivity index (χ4v) is 4.40. The van der Waals surface area contributed by atoms with E-state index in [4.69, 9.17) is 0 Å². The topological polar surface area (TPSA) is 172 Å². The summed E-state index contributed by atoms with van der Waals surface area (Å²) in [5.41, 5.74) is 3.70. The van der Waals surface area contributed by atoms with Gasteiger partial charge in [-0.3, -0.25) is 4.55 Å². The van der Waals surface area contributed by atoms with Gasteiger partial charge in [-0.15, -0.1) is 0 Å². The molecule has 6 N–H and O–H groups in total. The Morgan fingerprint density at radius 1 is 0.625 bits per heavy atom. The molecule has 3 aromatic carbocycles. The number of benzene rings is 3. The molecule has 2 aromatic heterocycles. The number of imidazole rings is 2. The zero-order valence-corrected chi connectivity index (χ0v) is 17.7. The molecule has 0 saturated heterocycles. The molecule has 12 heteroatoms. The van der Waals surface area contributed by atoms with Crippen LogP contribution in [-0.4, -0.2) is 46.6 Å². The van der Waals surface area contributed by atoms with Crippen LogP contribution in [0, 0.1) is 0 Å². The summed E-state index contributed by atoms with van der Waals surface area (Å²) in [7, 11) is -8.12. The van der Waals surface area contributed by atoms with Gasteiger partial charge in [-0.1, -0.05) is 24.3 Å². The Balaban J connectivity index is 1.47. The molecule has 0 amide bonds. The number of rotatable bonds is 4. The van der Waals surface area contributed by atoms with Crippen molar-refractivity contribution >= 4 is 43.1 Å². The monoisotopic (exact) mass is 472 g/mol. The molecule has 0 aliphatic carbocycles. The molecule has 164 valence electrons. The normalized spacial score (nSPS) is 13.1. The molecule has 0 radical (unpaired) electrons. The summed E-state index contributed by atoms with van der Waals surface area (Å²) in [6.45, 7) is 0. The van der Waals surface area contributed by atoms with Crippen LogP contribution in [0.5, 0.6) is 0 Å². The van der Waals surface area contributed by atoms with Crippen LogP contribution in [0.2, 0.25) is 0 Å². The zero-order valence-electron chi connectivity index (χ0n) is 16.1. The van der Waals surface area contributed by atoms with Crippen LogP contribution in [0.25, 0.3) is 44.8 Å². The van der Waals surface area contributed by atoms with Crippen molar-refractivity contribution in [3.8, 4) is 22.8 Å². The number of fused-ring (bicyclic) bond motifs is 2. The second kappa shape index (κ2) is 7.13. The predicted octanol–water partition coefficient (Wildman–Crippen LogP) is 4.60. The maximum Gasteiger partial charge on any atom is 0.294 e. The van der Waals surface area contributed by atoms with Crippen LogP contribution >= 0.6 is 10.9 Å². The minimum Gasteiger partial charge on any atom is -0.338 e. The van der Waals surface area contributed by atoms with Gasteiger partial charge in [0, 0.05) is 11.1 Å².